The highest BCUT2D eigenvalue weighted by Crippen LogP contribution is 2.41. The Kier molecular flexibility index (Phi) is 5.63. The fraction of sp³-hybridized carbons (Fsp3) is 0. The van der Waals surface area contributed by atoms with Crippen LogP contribution in [0.15, 0.2) is 179 Å². The van der Waals surface area contributed by atoms with Crippen LogP contribution in [-0.4, -0.2) is 4.40 Å². The van der Waals surface area contributed by atoms with Gasteiger partial charge in [0.05, 0.1) is 0 Å². The lowest BCUT2D eigenvalue weighted by atomic mass is 10.0. The van der Waals surface area contributed by atoms with Gasteiger partial charge < -0.3 is 18.1 Å². The molecule has 4 heterocycles. The predicted octanol–water partition coefficient (Wildman–Crippen LogP) is 13.2. The highest BCUT2D eigenvalue weighted by molar-refractivity contribution is 6.12. The Hall–Kier alpha value is -6.78. The summed E-state index contributed by atoms with van der Waals surface area (Å²) >= 11 is 0. The van der Waals surface area contributed by atoms with Crippen molar-refractivity contribution in [1.29, 1.82) is 0 Å². The molecule has 0 fully saturated rings. The van der Waals surface area contributed by atoms with Crippen LogP contribution in [0.4, 0.5) is 17.1 Å². The molecule has 0 atom stereocenters. The standard InChI is InChI=1S/C46H28N2O2/c1-3-10-43-39(8-1)41-24-30-14-18-37(21-32(30)26-45(41)49-43)48(35-16-12-29(13-17-35)34-23-36-7-5-6-20-47(36)28-34)38-19-15-31-25-42-40-9-2-4-11-44(40)50-46(42)27-33(31)22-38/h1-28H. The number of benzene rings is 7. The zero-order valence-electron chi connectivity index (χ0n) is 26.9. The second kappa shape index (κ2) is 10.4. The molecule has 0 unspecified atom stereocenters. The molecule has 11 rings (SSSR count). The van der Waals surface area contributed by atoms with Gasteiger partial charge in [0, 0.05) is 62.1 Å². The molecule has 234 valence electrons. The van der Waals surface area contributed by atoms with Crippen LogP contribution in [-0.2, 0) is 0 Å². The Labute approximate surface area is 286 Å². The first-order valence-electron chi connectivity index (χ1n) is 16.9. The number of hydrogen-bond donors (Lipinski definition) is 0. The van der Waals surface area contributed by atoms with E-state index in [1.165, 1.54) is 27.4 Å². The molecule has 0 aliphatic heterocycles. The number of anilines is 3. The van der Waals surface area contributed by atoms with E-state index in [1.807, 2.05) is 24.3 Å². The first-order valence-corrected chi connectivity index (χ1v) is 16.9. The number of nitrogens with zero attached hydrogens (tertiary/aromatic N) is 2. The fourth-order valence-corrected chi connectivity index (χ4v) is 7.65. The molecule has 0 amide bonds. The summed E-state index contributed by atoms with van der Waals surface area (Å²) in [6, 6.07) is 56.1. The Balaban J connectivity index is 1.08. The van der Waals surface area contributed by atoms with Gasteiger partial charge in [-0.3, -0.25) is 0 Å². The third-order valence-electron chi connectivity index (χ3n) is 10.1. The summed E-state index contributed by atoms with van der Waals surface area (Å²) in [5.74, 6) is 0. The van der Waals surface area contributed by atoms with E-state index < -0.39 is 0 Å². The molecule has 7 aromatic carbocycles. The Bertz CT molecular complexity index is 2920. The molecule has 4 aromatic heterocycles. The van der Waals surface area contributed by atoms with Crippen LogP contribution in [0, 0.1) is 0 Å². The van der Waals surface area contributed by atoms with Crippen molar-refractivity contribution >= 4 is 88.0 Å². The molecule has 4 nitrogen and oxygen atoms in total. The number of para-hydroxylation sites is 2. The molecule has 11 aromatic rings. The van der Waals surface area contributed by atoms with E-state index in [0.29, 0.717) is 0 Å². The number of hydrogen-bond acceptors (Lipinski definition) is 3. The topological polar surface area (TPSA) is 33.9 Å². The molecule has 50 heavy (non-hydrogen) atoms. The van der Waals surface area contributed by atoms with E-state index in [1.54, 1.807) is 0 Å². The lowest BCUT2D eigenvalue weighted by Crippen LogP contribution is -2.09. The van der Waals surface area contributed by atoms with Crippen molar-refractivity contribution in [2.45, 2.75) is 0 Å². The quantitative estimate of drug-likeness (QED) is 0.192. The second-order valence-corrected chi connectivity index (χ2v) is 13.1. The second-order valence-electron chi connectivity index (χ2n) is 13.1. The number of rotatable bonds is 4. The SMILES string of the molecule is c1ccc2c(c1)oc1cc3cc(N(c4ccc(-c5cc6ccccn6c5)cc4)c4ccc5cc6c(cc5c4)oc4ccccc46)ccc3cc12. The van der Waals surface area contributed by atoms with Gasteiger partial charge in [0.1, 0.15) is 22.3 Å². The molecule has 0 aliphatic rings. The normalized spacial score (nSPS) is 12.0. The van der Waals surface area contributed by atoms with Gasteiger partial charge in [-0.15, -0.1) is 0 Å². The van der Waals surface area contributed by atoms with Gasteiger partial charge in [0.25, 0.3) is 0 Å². The van der Waals surface area contributed by atoms with E-state index in [-0.39, 0.29) is 0 Å². The molecule has 0 radical (unpaired) electrons. The third kappa shape index (κ3) is 4.19. The molecule has 4 heteroatoms. The summed E-state index contributed by atoms with van der Waals surface area (Å²) in [5, 5.41) is 9.16. The fourth-order valence-electron chi connectivity index (χ4n) is 7.65. The van der Waals surface area contributed by atoms with Crippen molar-refractivity contribution in [2.24, 2.45) is 0 Å². The van der Waals surface area contributed by atoms with Gasteiger partial charge in [0.15, 0.2) is 0 Å². The van der Waals surface area contributed by atoms with Crippen molar-refractivity contribution in [3.8, 4) is 11.1 Å². The predicted molar refractivity (Wildman–Crippen MR) is 207 cm³/mol. The van der Waals surface area contributed by atoms with E-state index in [9.17, 15) is 0 Å². The minimum absolute atomic E-state index is 0.896. The van der Waals surface area contributed by atoms with Crippen LogP contribution in [0.5, 0.6) is 0 Å². The number of furan rings is 2. The van der Waals surface area contributed by atoms with Crippen LogP contribution in [0.2, 0.25) is 0 Å². The summed E-state index contributed by atoms with van der Waals surface area (Å²) in [5.41, 5.74) is 10.4. The Morgan fingerprint density at radius 2 is 0.940 bits per heavy atom. The van der Waals surface area contributed by atoms with Crippen molar-refractivity contribution < 1.29 is 8.83 Å². The molecule has 0 saturated heterocycles. The van der Waals surface area contributed by atoms with Gasteiger partial charge in [0.2, 0.25) is 0 Å². The Morgan fingerprint density at radius 3 is 1.54 bits per heavy atom. The first kappa shape index (κ1) is 27.2. The van der Waals surface area contributed by atoms with Gasteiger partial charge in [-0.25, -0.2) is 0 Å². The van der Waals surface area contributed by atoms with Crippen LogP contribution < -0.4 is 4.90 Å². The van der Waals surface area contributed by atoms with Gasteiger partial charge in [-0.05, 0) is 118 Å². The molecule has 0 aliphatic carbocycles. The van der Waals surface area contributed by atoms with Crippen LogP contribution >= 0.6 is 0 Å². The summed E-state index contributed by atoms with van der Waals surface area (Å²) in [6.07, 6.45) is 4.28. The highest BCUT2D eigenvalue weighted by Gasteiger charge is 2.17. The average Bonchev–Trinajstić information content (AvgIpc) is 3.86. The minimum atomic E-state index is 0.896. The molecule has 0 N–H and O–H groups in total. The molecule has 0 spiro atoms. The van der Waals surface area contributed by atoms with Crippen LogP contribution in [0.1, 0.15) is 0 Å². The highest BCUT2D eigenvalue weighted by atomic mass is 16.3. The minimum Gasteiger partial charge on any atom is -0.456 e. The van der Waals surface area contributed by atoms with Crippen molar-refractivity contribution in [3.05, 3.63) is 170 Å². The van der Waals surface area contributed by atoms with Gasteiger partial charge >= 0.3 is 0 Å². The molecular formula is C46H28N2O2. The zero-order valence-corrected chi connectivity index (χ0v) is 26.9. The lowest BCUT2D eigenvalue weighted by Gasteiger charge is -2.26. The van der Waals surface area contributed by atoms with Crippen molar-refractivity contribution in [3.63, 3.8) is 0 Å². The lowest BCUT2D eigenvalue weighted by molar-refractivity contribution is 0.669. The van der Waals surface area contributed by atoms with Crippen molar-refractivity contribution in [2.75, 3.05) is 4.90 Å². The van der Waals surface area contributed by atoms with Crippen molar-refractivity contribution in [1.82, 2.24) is 4.40 Å². The summed E-state index contributed by atoms with van der Waals surface area (Å²) in [4.78, 5) is 2.34. The maximum atomic E-state index is 6.29. The third-order valence-corrected chi connectivity index (χ3v) is 10.1. The van der Waals surface area contributed by atoms with E-state index in [0.717, 1.165) is 71.7 Å². The first-order chi connectivity index (χ1) is 24.7. The maximum absolute atomic E-state index is 6.29. The van der Waals surface area contributed by atoms with Gasteiger partial charge in [-0.2, -0.15) is 0 Å². The van der Waals surface area contributed by atoms with Gasteiger partial charge in [-0.1, -0.05) is 66.7 Å². The Morgan fingerprint density at radius 1 is 0.380 bits per heavy atom. The summed E-state index contributed by atoms with van der Waals surface area (Å²) in [7, 11) is 0. The van der Waals surface area contributed by atoms with Crippen LogP contribution in [0.25, 0.3) is 82.1 Å². The number of aromatic nitrogens is 1. The molecular weight excluding hydrogens is 613 g/mol. The maximum Gasteiger partial charge on any atom is 0.136 e. The summed E-state index contributed by atoms with van der Waals surface area (Å²) < 4.78 is 14.7. The van der Waals surface area contributed by atoms with E-state index in [4.69, 9.17) is 8.83 Å². The molecule has 0 bridgehead atoms. The molecule has 0 saturated carbocycles. The van der Waals surface area contributed by atoms with Crippen LogP contribution in [0.3, 0.4) is 0 Å². The van der Waals surface area contributed by atoms with E-state index >= 15 is 0 Å². The smallest absolute Gasteiger partial charge is 0.136 e. The average molecular weight is 641 g/mol. The van der Waals surface area contributed by atoms with E-state index in [2.05, 4.69) is 155 Å². The monoisotopic (exact) mass is 640 g/mol. The number of pyridine rings is 1. The summed E-state index contributed by atoms with van der Waals surface area (Å²) in [6.45, 7) is 0. The largest absolute Gasteiger partial charge is 0.456 e. The zero-order chi connectivity index (χ0) is 32.8. The number of fused-ring (bicyclic) bond motifs is 9.